The van der Waals surface area contributed by atoms with E-state index in [1.165, 1.54) is 0 Å². The van der Waals surface area contributed by atoms with E-state index in [1.807, 2.05) is 54.6 Å². The molecule has 2 aromatic rings. The number of hydrogen-bond acceptors (Lipinski definition) is 5. The van der Waals surface area contributed by atoms with Crippen LogP contribution in [0.1, 0.15) is 18.1 Å². The molecule has 0 aliphatic carbocycles. The van der Waals surface area contributed by atoms with Crippen LogP contribution in [0.15, 0.2) is 54.6 Å². The fourth-order valence-electron chi connectivity index (χ4n) is 2.01. The van der Waals surface area contributed by atoms with Gasteiger partial charge in [0.15, 0.2) is 0 Å². The number of amides is 1. The number of rotatable bonds is 6. The van der Waals surface area contributed by atoms with Crippen molar-refractivity contribution < 1.29 is 22.5 Å². The van der Waals surface area contributed by atoms with Crippen LogP contribution in [0.25, 0.3) is 0 Å². The maximum Gasteiger partial charge on any atom is 0.261 e. The molecule has 5 N–H and O–H groups in total. The van der Waals surface area contributed by atoms with Crippen LogP contribution in [0.4, 0.5) is 0 Å². The van der Waals surface area contributed by atoms with Crippen molar-refractivity contribution in [3.8, 4) is 5.75 Å². The van der Waals surface area contributed by atoms with Gasteiger partial charge in [-0.2, -0.15) is 8.42 Å². The molecule has 0 heterocycles. The first-order valence-corrected chi connectivity index (χ1v) is 9.60. The Bertz CT molecular complexity index is 812. The number of benzene rings is 2. The SMILES string of the molecule is CC(N)(Cc1ccccc1OCc1ccccc1)C(N)=O.CS(=O)(=O)O. The molecule has 2 rings (SSSR count). The first kappa shape index (κ1) is 21.6. The molecule has 0 aliphatic heterocycles. The van der Waals surface area contributed by atoms with E-state index in [1.54, 1.807) is 6.92 Å². The number of carbonyl (C=O) groups is 1. The van der Waals surface area contributed by atoms with Gasteiger partial charge in [-0.15, -0.1) is 0 Å². The number of ether oxygens (including phenoxy) is 1. The van der Waals surface area contributed by atoms with E-state index in [0.29, 0.717) is 19.3 Å². The molecule has 0 saturated heterocycles. The average molecular weight is 380 g/mol. The van der Waals surface area contributed by atoms with Gasteiger partial charge in [-0.05, 0) is 24.1 Å². The Morgan fingerprint density at radius 2 is 1.62 bits per heavy atom. The normalized spacial score (nSPS) is 13.1. The van der Waals surface area contributed by atoms with Gasteiger partial charge in [0.1, 0.15) is 12.4 Å². The van der Waals surface area contributed by atoms with Crippen LogP contribution in [0.3, 0.4) is 0 Å². The minimum absolute atomic E-state index is 0.341. The second kappa shape index (κ2) is 9.33. The van der Waals surface area contributed by atoms with Gasteiger partial charge in [0.05, 0.1) is 11.8 Å². The van der Waals surface area contributed by atoms with Crippen molar-refractivity contribution in [2.75, 3.05) is 6.26 Å². The van der Waals surface area contributed by atoms with Crippen molar-refractivity contribution >= 4 is 16.0 Å². The second-order valence-electron chi connectivity index (χ2n) is 6.07. The molecule has 1 atom stereocenters. The van der Waals surface area contributed by atoms with E-state index < -0.39 is 21.6 Å². The largest absolute Gasteiger partial charge is 0.489 e. The molecule has 0 fully saturated rings. The molecule has 0 bridgehead atoms. The summed E-state index contributed by atoms with van der Waals surface area (Å²) in [5, 5.41) is 0. The zero-order valence-electron chi connectivity index (χ0n) is 14.8. The molecule has 7 nitrogen and oxygen atoms in total. The van der Waals surface area contributed by atoms with Crippen LogP contribution in [0.5, 0.6) is 5.75 Å². The van der Waals surface area contributed by atoms with Gasteiger partial charge < -0.3 is 16.2 Å². The molecule has 0 saturated carbocycles. The summed E-state index contributed by atoms with van der Waals surface area (Å²) in [6, 6.07) is 17.4. The monoisotopic (exact) mass is 380 g/mol. The van der Waals surface area contributed by atoms with E-state index in [2.05, 4.69) is 0 Å². The fraction of sp³-hybridized carbons (Fsp3) is 0.278. The molecule has 0 aliphatic rings. The Hall–Kier alpha value is -2.42. The molecule has 1 unspecified atom stereocenters. The number of primary amides is 1. The standard InChI is InChI=1S/C17H20N2O2.CH4O3S/c1-17(19,16(18)20)11-14-9-5-6-10-15(14)21-12-13-7-3-2-4-8-13;1-5(2,3)4/h2-10H,11-12,19H2,1H3,(H2,18,20);1H3,(H,2,3,4). The zero-order valence-corrected chi connectivity index (χ0v) is 15.6. The van der Waals surface area contributed by atoms with Crippen LogP contribution in [0, 0.1) is 0 Å². The van der Waals surface area contributed by atoms with Crippen molar-refractivity contribution in [1.82, 2.24) is 0 Å². The summed E-state index contributed by atoms with van der Waals surface area (Å²) in [6.07, 6.45) is 1.06. The van der Waals surface area contributed by atoms with Gasteiger partial charge in [-0.25, -0.2) is 0 Å². The predicted molar refractivity (Wildman–Crippen MR) is 100 cm³/mol. The van der Waals surface area contributed by atoms with Crippen molar-refractivity contribution in [1.29, 1.82) is 0 Å². The van der Waals surface area contributed by atoms with E-state index in [-0.39, 0.29) is 0 Å². The predicted octanol–water partition coefficient (Wildman–Crippen LogP) is 1.51. The lowest BCUT2D eigenvalue weighted by molar-refractivity contribution is -0.122. The van der Waals surface area contributed by atoms with Gasteiger partial charge in [0.2, 0.25) is 5.91 Å². The molecule has 142 valence electrons. The first-order chi connectivity index (χ1) is 12.0. The number of nitrogens with two attached hydrogens (primary N) is 2. The van der Waals surface area contributed by atoms with Gasteiger partial charge in [0, 0.05) is 6.42 Å². The average Bonchev–Trinajstić information content (AvgIpc) is 2.53. The molecule has 8 heteroatoms. The van der Waals surface area contributed by atoms with E-state index in [4.69, 9.17) is 20.8 Å². The second-order valence-corrected chi connectivity index (χ2v) is 7.54. The van der Waals surface area contributed by atoms with Crippen LogP contribution in [-0.2, 0) is 27.9 Å². The third-order valence-corrected chi connectivity index (χ3v) is 3.33. The van der Waals surface area contributed by atoms with Gasteiger partial charge in [0.25, 0.3) is 10.1 Å². The molecule has 0 aromatic heterocycles. The number of hydrogen-bond donors (Lipinski definition) is 3. The van der Waals surface area contributed by atoms with Crippen molar-refractivity contribution in [3.63, 3.8) is 0 Å². The lowest BCUT2D eigenvalue weighted by Crippen LogP contribution is -2.51. The Labute approximate surface area is 153 Å². The molecule has 0 radical (unpaired) electrons. The van der Waals surface area contributed by atoms with E-state index in [9.17, 15) is 13.2 Å². The summed E-state index contributed by atoms with van der Waals surface area (Å²) >= 11 is 0. The molecular formula is C18H24N2O5S. The Morgan fingerprint density at radius 3 is 2.15 bits per heavy atom. The number of carbonyl (C=O) groups excluding carboxylic acids is 1. The lowest BCUT2D eigenvalue weighted by Gasteiger charge is -2.22. The summed E-state index contributed by atoms with van der Waals surface area (Å²) in [5.41, 5.74) is 12.1. The third-order valence-electron chi connectivity index (χ3n) is 3.33. The van der Waals surface area contributed by atoms with Crippen LogP contribution in [0.2, 0.25) is 0 Å². The van der Waals surface area contributed by atoms with Crippen LogP contribution < -0.4 is 16.2 Å². The van der Waals surface area contributed by atoms with Gasteiger partial charge >= 0.3 is 0 Å². The molecule has 1 amide bonds. The van der Waals surface area contributed by atoms with Crippen LogP contribution in [-0.4, -0.2) is 30.7 Å². The summed E-state index contributed by atoms with van der Waals surface area (Å²) in [4.78, 5) is 11.4. The van der Waals surface area contributed by atoms with Crippen molar-refractivity contribution in [2.45, 2.75) is 25.5 Å². The Kier molecular flexibility index (Phi) is 7.76. The summed E-state index contributed by atoms with van der Waals surface area (Å²) in [5.74, 6) is 0.194. The smallest absolute Gasteiger partial charge is 0.261 e. The molecule has 0 spiro atoms. The minimum Gasteiger partial charge on any atom is -0.489 e. The highest BCUT2D eigenvalue weighted by Gasteiger charge is 2.27. The lowest BCUT2D eigenvalue weighted by atomic mass is 9.93. The first-order valence-electron chi connectivity index (χ1n) is 7.75. The summed E-state index contributed by atoms with van der Waals surface area (Å²) in [7, 11) is -3.67. The molecule has 2 aromatic carbocycles. The van der Waals surface area contributed by atoms with Gasteiger partial charge in [-0.3, -0.25) is 9.35 Å². The Balaban J connectivity index is 0.000000597. The molecular weight excluding hydrogens is 356 g/mol. The Morgan fingerprint density at radius 1 is 1.12 bits per heavy atom. The van der Waals surface area contributed by atoms with Crippen LogP contribution >= 0.6 is 0 Å². The highest BCUT2D eigenvalue weighted by atomic mass is 32.2. The summed E-state index contributed by atoms with van der Waals surface area (Å²) < 4.78 is 31.7. The highest BCUT2D eigenvalue weighted by Crippen LogP contribution is 2.23. The van der Waals surface area contributed by atoms with E-state index >= 15 is 0 Å². The van der Waals surface area contributed by atoms with E-state index in [0.717, 1.165) is 16.9 Å². The maximum atomic E-state index is 11.4. The molecule has 26 heavy (non-hydrogen) atoms. The van der Waals surface area contributed by atoms with Crippen molar-refractivity contribution in [2.24, 2.45) is 11.5 Å². The third kappa shape index (κ3) is 8.61. The minimum atomic E-state index is -3.67. The summed E-state index contributed by atoms with van der Waals surface area (Å²) in [6.45, 7) is 2.10. The fourth-order valence-corrected chi connectivity index (χ4v) is 2.01. The quantitative estimate of drug-likeness (QED) is 0.651. The highest BCUT2D eigenvalue weighted by molar-refractivity contribution is 7.85. The topological polar surface area (TPSA) is 133 Å². The zero-order chi connectivity index (χ0) is 19.8. The van der Waals surface area contributed by atoms with Gasteiger partial charge in [-0.1, -0.05) is 48.5 Å². The number of para-hydroxylation sites is 1. The van der Waals surface area contributed by atoms with Crippen molar-refractivity contribution in [3.05, 3.63) is 65.7 Å². The maximum absolute atomic E-state index is 11.4.